The molecule has 0 saturated carbocycles. The second kappa shape index (κ2) is 7.83. The van der Waals surface area contributed by atoms with Crippen LogP contribution in [0.2, 0.25) is 0 Å². The van der Waals surface area contributed by atoms with Gasteiger partial charge < -0.3 is 4.40 Å². The van der Waals surface area contributed by atoms with Crippen LogP contribution in [-0.4, -0.2) is 23.7 Å². The van der Waals surface area contributed by atoms with E-state index in [1.165, 1.54) is 16.5 Å². The van der Waals surface area contributed by atoms with Crippen molar-refractivity contribution in [1.82, 2.24) is 8.71 Å². The molecule has 170 valence electrons. The molecule has 1 aliphatic rings. The molecule has 0 spiro atoms. The van der Waals surface area contributed by atoms with Crippen LogP contribution in [0.4, 0.5) is 0 Å². The highest BCUT2D eigenvalue weighted by Gasteiger charge is 2.28. The van der Waals surface area contributed by atoms with Crippen molar-refractivity contribution in [2.75, 3.05) is 6.54 Å². The van der Waals surface area contributed by atoms with E-state index in [-0.39, 0.29) is 0 Å². The largest absolute Gasteiger partial charge is 0.308 e. The molecule has 1 aliphatic heterocycles. The Kier molecular flexibility index (Phi) is 4.87. The summed E-state index contributed by atoms with van der Waals surface area (Å²) in [6.45, 7) is 4.78. The first kappa shape index (κ1) is 21.1. The van der Waals surface area contributed by atoms with Gasteiger partial charge in [-0.1, -0.05) is 67.1 Å². The molecule has 0 atom stereocenters. The molecule has 34 heavy (non-hydrogen) atoms. The minimum atomic E-state index is -3.65. The molecular weight excluding hydrogens is 440 g/mol. The minimum absolute atomic E-state index is 0.321. The van der Waals surface area contributed by atoms with Crippen LogP contribution in [0.3, 0.4) is 0 Å². The van der Waals surface area contributed by atoms with Crippen LogP contribution in [0.5, 0.6) is 0 Å². The summed E-state index contributed by atoms with van der Waals surface area (Å²) in [4.78, 5) is 0.336. The number of sulfonamides is 1. The van der Waals surface area contributed by atoms with Gasteiger partial charge in [0, 0.05) is 24.0 Å². The molecule has 0 aliphatic carbocycles. The lowest BCUT2D eigenvalue weighted by atomic mass is 9.97. The normalized spacial score (nSPS) is 16.5. The summed E-state index contributed by atoms with van der Waals surface area (Å²) < 4.78 is 31.4. The van der Waals surface area contributed by atoms with Crippen molar-refractivity contribution >= 4 is 42.9 Å². The van der Waals surface area contributed by atoms with Gasteiger partial charge in [0.15, 0.2) is 0 Å². The first-order chi connectivity index (χ1) is 16.5. The average molecular weight is 467 g/mol. The maximum atomic E-state index is 13.7. The zero-order valence-electron chi connectivity index (χ0n) is 19.3. The number of para-hydroxylation sites is 2. The number of benzene rings is 3. The van der Waals surface area contributed by atoms with Gasteiger partial charge in [-0.25, -0.2) is 8.42 Å². The molecule has 5 heteroatoms. The number of aromatic nitrogens is 1. The summed E-state index contributed by atoms with van der Waals surface area (Å²) >= 11 is 0. The van der Waals surface area contributed by atoms with Crippen molar-refractivity contribution in [2.24, 2.45) is 0 Å². The van der Waals surface area contributed by atoms with E-state index in [0.717, 1.165) is 39.5 Å². The zero-order valence-corrected chi connectivity index (χ0v) is 20.1. The number of pyridine rings is 1. The van der Waals surface area contributed by atoms with Crippen LogP contribution in [0.15, 0.2) is 89.8 Å². The van der Waals surface area contributed by atoms with Crippen molar-refractivity contribution in [1.29, 1.82) is 0 Å². The predicted octanol–water partition coefficient (Wildman–Crippen LogP) is 6.55. The van der Waals surface area contributed by atoms with E-state index >= 15 is 0 Å². The number of hydrogen-bond acceptors (Lipinski definition) is 2. The molecule has 0 saturated heterocycles. The van der Waals surface area contributed by atoms with Gasteiger partial charge in [0.1, 0.15) is 0 Å². The number of allylic oxidation sites excluding steroid dienone is 1. The Morgan fingerprint density at radius 1 is 0.882 bits per heavy atom. The fourth-order valence-electron chi connectivity index (χ4n) is 5.24. The second-order valence-electron chi connectivity index (χ2n) is 9.00. The van der Waals surface area contributed by atoms with E-state index in [4.69, 9.17) is 0 Å². The third kappa shape index (κ3) is 3.11. The van der Waals surface area contributed by atoms with E-state index in [0.29, 0.717) is 18.0 Å². The third-order valence-electron chi connectivity index (χ3n) is 6.94. The summed E-state index contributed by atoms with van der Waals surface area (Å²) in [6.07, 6.45) is 2.93. The average Bonchev–Trinajstić information content (AvgIpc) is 3.18. The van der Waals surface area contributed by atoms with Crippen LogP contribution < -0.4 is 0 Å². The zero-order chi connectivity index (χ0) is 23.4. The Labute approximate surface area is 199 Å². The molecule has 0 N–H and O–H groups in total. The summed E-state index contributed by atoms with van der Waals surface area (Å²) in [5, 5.41) is 2.32. The minimum Gasteiger partial charge on any atom is -0.308 e. The molecule has 0 radical (unpaired) electrons. The predicted molar refractivity (Wildman–Crippen MR) is 139 cm³/mol. The lowest BCUT2D eigenvalue weighted by Gasteiger charge is -2.25. The van der Waals surface area contributed by atoms with Gasteiger partial charge in [0.2, 0.25) is 10.0 Å². The molecular formula is C29H26N2O2S. The Morgan fingerprint density at radius 2 is 1.59 bits per heavy atom. The fourth-order valence-corrected chi connectivity index (χ4v) is 6.60. The Morgan fingerprint density at radius 3 is 2.35 bits per heavy atom. The van der Waals surface area contributed by atoms with Crippen LogP contribution in [0.1, 0.15) is 30.0 Å². The first-order valence-electron chi connectivity index (χ1n) is 11.7. The maximum Gasteiger partial charge on any atom is 0.243 e. The van der Waals surface area contributed by atoms with E-state index in [2.05, 4.69) is 65.9 Å². The SMILES string of the molecule is CC/C1=C/CN(S(=O)(=O)c2ccc(C)cc2)Cc2cc3ccccc3n3c2c1c1ccccc13. The van der Waals surface area contributed by atoms with Gasteiger partial charge in [-0.3, -0.25) is 0 Å². The number of aryl methyl sites for hydroxylation is 1. The Bertz CT molecular complexity index is 1710. The van der Waals surface area contributed by atoms with Gasteiger partial charge >= 0.3 is 0 Å². The van der Waals surface area contributed by atoms with Gasteiger partial charge in [-0.2, -0.15) is 4.31 Å². The first-order valence-corrected chi connectivity index (χ1v) is 13.1. The van der Waals surface area contributed by atoms with E-state index in [1.807, 2.05) is 25.1 Å². The molecule has 0 fully saturated rings. The van der Waals surface area contributed by atoms with Crippen LogP contribution >= 0.6 is 0 Å². The molecule has 0 amide bonds. The van der Waals surface area contributed by atoms with Crippen molar-refractivity contribution in [3.05, 3.63) is 102 Å². The van der Waals surface area contributed by atoms with E-state index in [1.54, 1.807) is 16.4 Å². The molecule has 0 bridgehead atoms. The third-order valence-corrected chi connectivity index (χ3v) is 8.76. The van der Waals surface area contributed by atoms with Gasteiger partial charge in [0.05, 0.1) is 21.4 Å². The number of nitrogens with zero attached hydrogens (tertiary/aromatic N) is 2. The maximum absolute atomic E-state index is 13.7. The highest BCUT2D eigenvalue weighted by atomic mass is 32.2. The Hall–Kier alpha value is -3.41. The smallest absolute Gasteiger partial charge is 0.243 e. The van der Waals surface area contributed by atoms with Crippen molar-refractivity contribution < 1.29 is 8.42 Å². The summed E-state index contributed by atoms with van der Waals surface area (Å²) in [5.41, 5.74) is 7.87. The van der Waals surface area contributed by atoms with Crippen molar-refractivity contribution in [2.45, 2.75) is 31.7 Å². The van der Waals surface area contributed by atoms with Gasteiger partial charge in [-0.15, -0.1) is 0 Å². The molecule has 2 aromatic heterocycles. The lowest BCUT2D eigenvalue weighted by molar-refractivity contribution is 0.439. The lowest BCUT2D eigenvalue weighted by Crippen LogP contribution is -2.31. The molecule has 6 rings (SSSR count). The summed E-state index contributed by atoms with van der Waals surface area (Å²) in [6, 6.07) is 26.1. The van der Waals surface area contributed by atoms with Crippen LogP contribution in [0.25, 0.3) is 32.9 Å². The summed E-state index contributed by atoms with van der Waals surface area (Å²) in [5.74, 6) is 0. The monoisotopic (exact) mass is 466 g/mol. The van der Waals surface area contributed by atoms with Gasteiger partial charge in [-0.05, 0) is 60.2 Å². The van der Waals surface area contributed by atoms with Crippen LogP contribution in [0, 0.1) is 6.92 Å². The van der Waals surface area contributed by atoms with E-state index in [9.17, 15) is 8.42 Å². The molecule has 4 nitrogen and oxygen atoms in total. The standard InChI is InChI=1S/C29H26N2O2S/c1-3-21-16-17-30(34(32,33)24-14-12-20(2)13-15-24)19-23-18-22-8-4-6-10-26(22)31-27-11-7-5-9-25(27)28(21)29(23)31/h4-16,18H,3,17,19H2,1-2H3/b21-16-. The molecule has 0 unspecified atom stereocenters. The number of rotatable bonds is 3. The quantitative estimate of drug-likeness (QED) is 0.302. The molecule has 3 heterocycles. The van der Waals surface area contributed by atoms with Crippen molar-refractivity contribution in [3.8, 4) is 0 Å². The number of hydrogen-bond donors (Lipinski definition) is 0. The molecule has 5 aromatic rings. The van der Waals surface area contributed by atoms with Crippen molar-refractivity contribution in [3.63, 3.8) is 0 Å². The van der Waals surface area contributed by atoms with E-state index < -0.39 is 10.0 Å². The highest BCUT2D eigenvalue weighted by molar-refractivity contribution is 7.89. The van der Waals surface area contributed by atoms with Gasteiger partial charge in [0.25, 0.3) is 0 Å². The van der Waals surface area contributed by atoms with Crippen LogP contribution in [-0.2, 0) is 16.6 Å². The fraction of sp³-hybridized carbons (Fsp3) is 0.172. The topological polar surface area (TPSA) is 41.8 Å². The molecule has 3 aromatic carbocycles. The second-order valence-corrected chi connectivity index (χ2v) is 10.9. The Balaban J connectivity index is 1.68. The number of fused-ring (bicyclic) bond motifs is 5. The summed E-state index contributed by atoms with van der Waals surface area (Å²) in [7, 11) is -3.65. The highest BCUT2D eigenvalue weighted by Crippen LogP contribution is 2.40.